The van der Waals surface area contributed by atoms with Gasteiger partial charge in [0.2, 0.25) is 0 Å². The van der Waals surface area contributed by atoms with Crippen LogP contribution in [-0.4, -0.2) is 16.6 Å². The fourth-order valence-electron chi connectivity index (χ4n) is 1.97. The number of carbonyl (C=O) groups excluding carboxylic acids is 2. The van der Waals surface area contributed by atoms with Crippen LogP contribution in [0.3, 0.4) is 0 Å². The van der Waals surface area contributed by atoms with Crippen LogP contribution in [0.1, 0.15) is 5.56 Å². The second-order valence-electron chi connectivity index (χ2n) is 4.07. The van der Waals surface area contributed by atoms with Gasteiger partial charge in [-0.2, -0.15) is 0 Å². The molecule has 0 saturated heterocycles. The predicted molar refractivity (Wildman–Crippen MR) is 68.9 cm³/mol. The summed E-state index contributed by atoms with van der Waals surface area (Å²) in [7, 11) is 0. The van der Waals surface area contributed by atoms with Crippen LogP contribution in [0.5, 0.6) is 0 Å². The van der Waals surface area contributed by atoms with Crippen molar-refractivity contribution in [1.82, 2.24) is 4.98 Å². The zero-order valence-electron chi connectivity index (χ0n) is 9.46. The third-order valence-corrected chi connectivity index (χ3v) is 2.87. The number of rotatable bonds is 1. The summed E-state index contributed by atoms with van der Waals surface area (Å²) in [5, 5.41) is 1.01. The lowest BCUT2D eigenvalue weighted by molar-refractivity contribution is -0.113. The van der Waals surface area contributed by atoms with Gasteiger partial charge < -0.3 is 0 Å². The van der Waals surface area contributed by atoms with Crippen LogP contribution in [0.25, 0.3) is 16.5 Å². The summed E-state index contributed by atoms with van der Waals surface area (Å²) < 4.78 is 0. The molecule has 0 radical (unpaired) electrons. The van der Waals surface area contributed by atoms with Gasteiger partial charge in [-0.25, -0.2) is 0 Å². The SMILES string of the molecule is O=C1C=CC(=O)C(c2ccc3cccnc3c2)=C1. The first-order chi connectivity index (χ1) is 8.74. The van der Waals surface area contributed by atoms with E-state index in [9.17, 15) is 9.59 Å². The molecular formula is C15H9NO2. The molecule has 0 atom stereocenters. The number of hydrogen-bond acceptors (Lipinski definition) is 3. The maximum absolute atomic E-state index is 11.7. The molecule has 2 aromatic rings. The highest BCUT2D eigenvalue weighted by Crippen LogP contribution is 2.22. The summed E-state index contributed by atoms with van der Waals surface area (Å²) in [4.78, 5) is 27.3. The molecule has 3 rings (SSSR count). The van der Waals surface area contributed by atoms with Crippen molar-refractivity contribution >= 4 is 28.0 Å². The number of nitrogens with zero attached hydrogens (tertiary/aromatic N) is 1. The zero-order chi connectivity index (χ0) is 12.5. The number of hydrogen-bond donors (Lipinski definition) is 0. The third-order valence-electron chi connectivity index (χ3n) is 2.87. The maximum Gasteiger partial charge on any atom is 0.186 e. The Morgan fingerprint density at radius 3 is 2.78 bits per heavy atom. The van der Waals surface area contributed by atoms with Gasteiger partial charge in [0.15, 0.2) is 11.6 Å². The minimum atomic E-state index is -0.161. The molecule has 3 nitrogen and oxygen atoms in total. The van der Waals surface area contributed by atoms with Crippen LogP contribution in [-0.2, 0) is 9.59 Å². The van der Waals surface area contributed by atoms with Gasteiger partial charge in [0.05, 0.1) is 5.52 Å². The van der Waals surface area contributed by atoms with Gasteiger partial charge in [0.1, 0.15) is 0 Å². The lowest BCUT2D eigenvalue weighted by Gasteiger charge is -2.07. The first-order valence-electron chi connectivity index (χ1n) is 5.57. The van der Waals surface area contributed by atoms with Crippen molar-refractivity contribution in [3.63, 3.8) is 0 Å². The second-order valence-corrected chi connectivity index (χ2v) is 4.07. The van der Waals surface area contributed by atoms with Gasteiger partial charge in [0, 0.05) is 17.2 Å². The number of aromatic nitrogens is 1. The Morgan fingerprint density at radius 2 is 1.89 bits per heavy atom. The second kappa shape index (κ2) is 4.04. The molecule has 1 aromatic carbocycles. The Labute approximate surface area is 103 Å². The van der Waals surface area contributed by atoms with Crippen LogP contribution in [0, 0.1) is 0 Å². The van der Waals surface area contributed by atoms with Gasteiger partial charge in [-0.15, -0.1) is 0 Å². The Balaban J connectivity index is 2.15. The van der Waals surface area contributed by atoms with Crippen LogP contribution in [0.15, 0.2) is 54.8 Å². The molecule has 0 unspecified atom stereocenters. The monoisotopic (exact) mass is 235 g/mol. The molecule has 0 saturated carbocycles. The van der Waals surface area contributed by atoms with E-state index in [0.29, 0.717) is 5.57 Å². The molecule has 1 aliphatic rings. The smallest absolute Gasteiger partial charge is 0.186 e. The minimum Gasteiger partial charge on any atom is -0.290 e. The van der Waals surface area contributed by atoms with Crippen LogP contribution in [0.2, 0.25) is 0 Å². The maximum atomic E-state index is 11.7. The molecule has 0 bridgehead atoms. The molecule has 3 heteroatoms. The van der Waals surface area contributed by atoms with Gasteiger partial charge in [0.25, 0.3) is 0 Å². The summed E-state index contributed by atoms with van der Waals surface area (Å²) in [5.74, 6) is -0.310. The molecule has 0 N–H and O–H groups in total. The number of fused-ring (bicyclic) bond motifs is 1. The summed E-state index contributed by atoms with van der Waals surface area (Å²) >= 11 is 0. The van der Waals surface area contributed by atoms with Gasteiger partial charge in [-0.05, 0) is 35.9 Å². The standard InChI is InChI=1S/C15H9NO2/c17-12-5-6-15(18)13(9-12)11-4-3-10-2-1-7-16-14(10)8-11/h1-9H. The molecule has 1 heterocycles. The van der Waals surface area contributed by atoms with Crippen molar-refractivity contribution in [2.45, 2.75) is 0 Å². The Hall–Kier alpha value is -2.55. The van der Waals surface area contributed by atoms with E-state index in [1.807, 2.05) is 30.3 Å². The summed E-state index contributed by atoms with van der Waals surface area (Å²) in [6.45, 7) is 0. The number of pyridine rings is 1. The fourth-order valence-corrected chi connectivity index (χ4v) is 1.97. The molecule has 86 valence electrons. The Bertz CT molecular complexity index is 726. The molecule has 18 heavy (non-hydrogen) atoms. The van der Waals surface area contributed by atoms with Crippen molar-refractivity contribution in [3.05, 3.63) is 60.3 Å². The van der Waals surface area contributed by atoms with Crippen molar-refractivity contribution in [1.29, 1.82) is 0 Å². The van der Waals surface area contributed by atoms with Gasteiger partial charge in [-0.3, -0.25) is 14.6 Å². The average molecular weight is 235 g/mol. The van der Waals surface area contributed by atoms with Crippen LogP contribution in [0.4, 0.5) is 0 Å². The molecule has 0 aliphatic heterocycles. The molecule has 0 fully saturated rings. The number of allylic oxidation sites excluding steroid dienone is 4. The lowest BCUT2D eigenvalue weighted by Crippen LogP contribution is -2.06. The molecule has 1 aliphatic carbocycles. The van der Waals surface area contributed by atoms with Gasteiger partial charge in [-0.1, -0.05) is 18.2 Å². The highest BCUT2D eigenvalue weighted by atomic mass is 16.1. The molecule has 1 aromatic heterocycles. The predicted octanol–water partition coefficient (Wildman–Crippen LogP) is 2.33. The van der Waals surface area contributed by atoms with E-state index in [4.69, 9.17) is 0 Å². The van der Waals surface area contributed by atoms with E-state index in [0.717, 1.165) is 16.5 Å². The largest absolute Gasteiger partial charge is 0.290 e. The number of benzene rings is 1. The highest BCUT2D eigenvalue weighted by molar-refractivity contribution is 6.34. The average Bonchev–Trinajstić information content (AvgIpc) is 2.41. The van der Waals surface area contributed by atoms with Crippen molar-refractivity contribution in [3.8, 4) is 0 Å². The summed E-state index contributed by atoms with van der Waals surface area (Å²) in [5.41, 5.74) is 1.96. The highest BCUT2D eigenvalue weighted by Gasteiger charge is 2.15. The van der Waals surface area contributed by atoms with E-state index < -0.39 is 0 Å². The normalized spacial score (nSPS) is 15.0. The van der Waals surface area contributed by atoms with Crippen molar-refractivity contribution < 1.29 is 9.59 Å². The number of ketones is 2. The minimum absolute atomic E-state index is 0.148. The topological polar surface area (TPSA) is 47.0 Å². The summed E-state index contributed by atoms with van der Waals surface area (Å²) in [6, 6.07) is 9.37. The third kappa shape index (κ3) is 1.76. The molecule has 0 spiro atoms. The Kier molecular flexibility index (Phi) is 2.38. The number of carbonyl (C=O) groups is 2. The molecular weight excluding hydrogens is 226 g/mol. The quantitative estimate of drug-likeness (QED) is 0.713. The summed E-state index contributed by atoms with van der Waals surface area (Å²) in [6.07, 6.45) is 5.66. The van der Waals surface area contributed by atoms with Crippen molar-refractivity contribution in [2.24, 2.45) is 0 Å². The van der Waals surface area contributed by atoms with Crippen molar-refractivity contribution in [2.75, 3.05) is 0 Å². The van der Waals surface area contributed by atoms with Crippen LogP contribution >= 0.6 is 0 Å². The molecule has 0 amide bonds. The van der Waals surface area contributed by atoms with E-state index in [1.54, 1.807) is 6.20 Å². The first-order valence-corrected chi connectivity index (χ1v) is 5.57. The lowest BCUT2D eigenvalue weighted by atomic mass is 9.95. The van der Waals surface area contributed by atoms with E-state index in [2.05, 4.69) is 4.98 Å². The van der Waals surface area contributed by atoms with Gasteiger partial charge >= 0.3 is 0 Å². The Morgan fingerprint density at radius 1 is 1.00 bits per heavy atom. The van der Waals surface area contributed by atoms with E-state index >= 15 is 0 Å². The van der Waals surface area contributed by atoms with E-state index in [1.165, 1.54) is 18.2 Å². The zero-order valence-corrected chi connectivity index (χ0v) is 9.46. The fraction of sp³-hybridized carbons (Fsp3) is 0. The van der Waals surface area contributed by atoms with E-state index in [-0.39, 0.29) is 11.6 Å². The first kappa shape index (κ1) is 10.6. The van der Waals surface area contributed by atoms with Crippen LogP contribution < -0.4 is 0 Å².